The van der Waals surface area contributed by atoms with Gasteiger partial charge in [-0.3, -0.25) is 0 Å². The van der Waals surface area contributed by atoms with Gasteiger partial charge >= 0.3 is 0 Å². The lowest BCUT2D eigenvalue weighted by molar-refractivity contribution is -0.0468. The molecule has 0 amide bonds. The molecule has 1 aromatic heterocycles. The zero-order valence-electron chi connectivity index (χ0n) is 11.8. The van der Waals surface area contributed by atoms with Crippen LogP contribution in [0.2, 0.25) is 5.15 Å². The van der Waals surface area contributed by atoms with E-state index in [-0.39, 0.29) is 11.5 Å². The Morgan fingerprint density at radius 3 is 2.76 bits per heavy atom. The van der Waals surface area contributed by atoms with Gasteiger partial charge in [0.25, 0.3) is 0 Å². The Morgan fingerprint density at radius 2 is 2.05 bits per heavy atom. The van der Waals surface area contributed by atoms with E-state index in [1.807, 2.05) is 18.2 Å². The first-order valence-electron chi connectivity index (χ1n) is 6.81. The van der Waals surface area contributed by atoms with E-state index in [1.54, 1.807) is 6.07 Å². The van der Waals surface area contributed by atoms with Gasteiger partial charge in [-0.05, 0) is 12.5 Å². The van der Waals surface area contributed by atoms with Gasteiger partial charge in [0.05, 0.1) is 13.2 Å². The molecule has 3 rings (SSSR count). The van der Waals surface area contributed by atoms with Crippen LogP contribution in [0.15, 0.2) is 36.4 Å². The number of aromatic nitrogens is 2. The minimum atomic E-state index is -0.383. The number of benzene rings is 1. The van der Waals surface area contributed by atoms with Gasteiger partial charge in [-0.25, -0.2) is 4.98 Å². The van der Waals surface area contributed by atoms with E-state index in [9.17, 15) is 0 Å². The Kier molecular flexibility index (Phi) is 3.69. The van der Waals surface area contributed by atoms with E-state index >= 15 is 0 Å². The predicted octanol–water partition coefficient (Wildman–Crippen LogP) is 2.46. The highest BCUT2D eigenvalue weighted by Crippen LogP contribution is 2.31. The molecule has 0 bridgehead atoms. The van der Waals surface area contributed by atoms with Crippen molar-refractivity contribution in [1.29, 1.82) is 0 Å². The predicted molar refractivity (Wildman–Crippen MR) is 83.4 cm³/mol. The number of hydrogen-bond acceptors (Lipinski definition) is 5. The molecule has 1 aliphatic heterocycles. The second-order valence-corrected chi connectivity index (χ2v) is 5.66. The van der Waals surface area contributed by atoms with Crippen molar-refractivity contribution in [2.75, 3.05) is 30.3 Å². The van der Waals surface area contributed by atoms with Crippen LogP contribution in [0.3, 0.4) is 0 Å². The first kappa shape index (κ1) is 14.1. The van der Waals surface area contributed by atoms with Crippen LogP contribution >= 0.6 is 11.6 Å². The monoisotopic (exact) mass is 304 g/mol. The van der Waals surface area contributed by atoms with Crippen molar-refractivity contribution in [3.63, 3.8) is 0 Å². The van der Waals surface area contributed by atoms with Gasteiger partial charge in [-0.1, -0.05) is 41.9 Å². The van der Waals surface area contributed by atoms with Crippen molar-refractivity contribution in [2.45, 2.75) is 12.5 Å². The van der Waals surface area contributed by atoms with Crippen LogP contribution in [0.25, 0.3) is 0 Å². The Labute approximate surface area is 128 Å². The number of anilines is 2. The highest BCUT2D eigenvalue weighted by molar-refractivity contribution is 6.29. The molecule has 0 spiro atoms. The number of ether oxygens (including phenoxy) is 1. The third-order valence-corrected chi connectivity index (χ3v) is 3.88. The molecule has 1 fully saturated rings. The second kappa shape index (κ2) is 5.50. The molecule has 110 valence electrons. The Morgan fingerprint density at radius 1 is 1.29 bits per heavy atom. The quantitative estimate of drug-likeness (QED) is 0.864. The average Bonchev–Trinajstić information content (AvgIpc) is 2.47. The van der Waals surface area contributed by atoms with E-state index in [2.05, 4.69) is 33.9 Å². The summed E-state index contributed by atoms with van der Waals surface area (Å²) in [5.74, 6) is 0.920. The van der Waals surface area contributed by atoms with Crippen molar-refractivity contribution >= 4 is 23.4 Å². The number of morpholine rings is 1. The Balaban J connectivity index is 1.89. The average molecular weight is 305 g/mol. The molecule has 5 nitrogen and oxygen atoms in total. The summed E-state index contributed by atoms with van der Waals surface area (Å²) in [5, 5.41) is 0.352. The zero-order chi connectivity index (χ0) is 14.9. The first-order chi connectivity index (χ1) is 10.1. The van der Waals surface area contributed by atoms with Crippen LogP contribution in [-0.4, -0.2) is 29.7 Å². The van der Waals surface area contributed by atoms with Crippen molar-refractivity contribution in [1.82, 2.24) is 9.97 Å². The zero-order valence-corrected chi connectivity index (χ0v) is 12.5. The summed E-state index contributed by atoms with van der Waals surface area (Å²) in [4.78, 5) is 10.3. The topological polar surface area (TPSA) is 64.3 Å². The molecule has 0 aliphatic carbocycles. The molecule has 6 heteroatoms. The molecular formula is C15H17ClN4O. The van der Waals surface area contributed by atoms with Gasteiger partial charge in [0, 0.05) is 12.6 Å². The molecular weight excluding hydrogens is 288 g/mol. The minimum Gasteiger partial charge on any atom is -0.368 e. The summed E-state index contributed by atoms with van der Waals surface area (Å²) in [7, 11) is 0. The summed E-state index contributed by atoms with van der Waals surface area (Å²) in [6, 6.07) is 11.9. The van der Waals surface area contributed by atoms with E-state index in [0.29, 0.717) is 18.3 Å². The summed E-state index contributed by atoms with van der Waals surface area (Å²) in [6.07, 6.45) is 0. The summed E-state index contributed by atoms with van der Waals surface area (Å²) in [5.41, 5.74) is 6.44. The summed E-state index contributed by atoms with van der Waals surface area (Å²) in [6.45, 7) is 4.13. The lowest BCUT2D eigenvalue weighted by atomic mass is 9.94. The third kappa shape index (κ3) is 2.94. The van der Waals surface area contributed by atoms with E-state index < -0.39 is 0 Å². The number of nitrogen functional groups attached to an aromatic ring is 1. The number of halogens is 1. The normalized spacial score (nSPS) is 22.3. The minimum absolute atomic E-state index is 0.186. The number of nitrogens with zero attached hydrogens (tertiary/aromatic N) is 3. The second-order valence-electron chi connectivity index (χ2n) is 5.27. The van der Waals surface area contributed by atoms with E-state index in [0.717, 1.165) is 17.9 Å². The summed E-state index contributed by atoms with van der Waals surface area (Å²) < 4.78 is 6.01. The Hall–Kier alpha value is -1.85. The highest BCUT2D eigenvalue weighted by atomic mass is 35.5. The van der Waals surface area contributed by atoms with E-state index in [1.165, 1.54) is 0 Å². The van der Waals surface area contributed by atoms with Crippen LogP contribution in [-0.2, 0) is 10.3 Å². The fourth-order valence-corrected chi connectivity index (χ4v) is 2.80. The number of rotatable bonds is 2. The lowest BCUT2D eigenvalue weighted by Crippen LogP contribution is -2.48. The van der Waals surface area contributed by atoms with Crippen LogP contribution < -0.4 is 10.6 Å². The van der Waals surface area contributed by atoms with Gasteiger partial charge in [-0.15, -0.1) is 0 Å². The smallest absolute Gasteiger partial charge is 0.223 e. The molecule has 2 heterocycles. The van der Waals surface area contributed by atoms with Crippen LogP contribution in [0, 0.1) is 0 Å². The van der Waals surface area contributed by atoms with Crippen molar-refractivity contribution in [3.8, 4) is 0 Å². The molecule has 1 atom stereocenters. The standard InChI is InChI=1S/C15H17ClN4O/c1-15(11-5-3-2-4-6-11)10-20(7-8-21-15)13-9-12(16)18-14(17)19-13/h2-6,9H,7-8,10H2,1H3,(H2,17,18,19). The summed E-state index contributed by atoms with van der Waals surface area (Å²) >= 11 is 5.97. The van der Waals surface area contributed by atoms with Gasteiger partial charge < -0.3 is 15.4 Å². The van der Waals surface area contributed by atoms with Crippen molar-refractivity contribution in [2.24, 2.45) is 0 Å². The molecule has 1 aliphatic rings. The van der Waals surface area contributed by atoms with Gasteiger partial charge in [0.2, 0.25) is 5.95 Å². The molecule has 0 saturated carbocycles. The number of nitrogens with two attached hydrogens (primary N) is 1. The molecule has 0 radical (unpaired) electrons. The molecule has 2 N–H and O–H groups in total. The molecule has 1 aromatic carbocycles. The van der Waals surface area contributed by atoms with Crippen molar-refractivity contribution in [3.05, 3.63) is 47.1 Å². The van der Waals surface area contributed by atoms with Gasteiger partial charge in [0.1, 0.15) is 16.6 Å². The maximum Gasteiger partial charge on any atom is 0.223 e. The first-order valence-corrected chi connectivity index (χ1v) is 7.19. The van der Waals surface area contributed by atoms with Crippen molar-refractivity contribution < 1.29 is 4.74 Å². The Bertz CT molecular complexity index is 617. The lowest BCUT2D eigenvalue weighted by Gasteiger charge is -2.41. The molecule has 1 saturated heterocycles. The van der Waals surface area contributed by atoms with Crippen LogP contribution in [0.1, 0.15) is 12.5 Å². The van der Waals surface area contributed by atoms with Crippen LogP contribution in [0.5, 0.6) is 0 Å². The van der Waals surface area contributed by atoms with E-state index in [4.69, 9.17) is 22.1 Å². The maximum atomic E-state index is 6.01. The highest BCUT2D eigenvalue weighted by Gasteiger charge is 2.34. The fourth-order valence-electron chi connectivity index (χ4n) is 2.62. The SMILES string of the molecule is CC1(c2ccccc2)CN(c2cc(Cl)nc(N)n2)CCO1. The molecule has 2 aromatic rings. The molecule has 21 heavy (non-hydrogen) atoms. The largest absolute Gasteiger partial charge is 0.368 e. The maximum absolute atomic E-state index is 6.01. The third-order valence-electron chi connectivity index (χ3n) is 3.68. The van der Waals surface area contributed by atoms with Gasteiger partial charge in [0.15, 0.2) is 0 Å². The number of hydrogen-bond donors (Lipinski definition) is 1. The molecule has 1 unspecified atom stereocenters. The fraction of sp³-hybridized carbons (Fsp3) is 0.333. The van der Waals surface area contributed by atoms with Gasteiger partial charge in [-0.2, -0.15) is 4.98 Å². The van der Waals surface area contributed by atoms with Crippen LogP contribution in [0.4, 0.5) is 11.8 Å².